The normalized spacial score (nSPS) is 22.7. The van der Waals surface area contributed by atoms with E-state index in [-0.39, 0.29) is 12.1 Å². The summed E-state index contributed by atoms with van der Waals surface area (Å²) in [6.45, 7) is 8.27. The molecule has 1 atom stereocenters. The summed E-state index contributed by atoms with van der Waals surface area (Å²) in [5.74, 6) is 0. The maximum atomic E-state index is 11.8. The van der Waals surface area contributed by atoms with Gasteiger partial charge in [-0.3, -0.25) is 0 Å². The first-order chi connectivity index (χ1) is 6.94. The highest BCUT2D eigenvalue weighted by molar-refractivity contribution is 5.68. The van der Waals surface area contributed by atoms with E-state index in [0.717, 1.165) is 13.1 Å². The molecule has 1 aliphatic heterocycles. The van der Waals surface area contributed by atoms with Crippen molar-refractivity contribution >= 4 is 6.09 Å². The Morgan fingerprint density at radius 1 is 1.60 bits per heavy atom. The molecule has 0 radical (unpaired) electrons. The standard InChI is InChI=1S/C10H21N3O2/c1-10(2,3)15-9(14)13-5-4-12-7-8(13)6-11/h8,12H,4-7,11H2,1-3H3/t8-/m1/s1. The van der Waals surface area contributed by atoms with Crippen molar-refractivity contribution in [1.29, 1.82) is 0 Å². The second-order valence-corrected chi connectivity index (χ2v) is 4.77. The van der Waals surface area contributed by atoms with Crippen molar-refractivity contribution in [2.45, 2.75) is 32.4 Å². The van der Waals surface area contributed by atoms with Gasteiger partial charge in [0, 0.05) is 26.2 Å². The zero-order chi connectivity index (χ0) is 11.5. The summed E-state index contributed by atoms with van der Waals surface area (Å²) in [6, 6.07) is 0.0496. The number of carbonyl (C=O) groups excluding carboxylic acids is 1. The zero-order valence-corrected chi connectivity index (χ0v) is 9.75. The fourth-order valence-electron chi connectivity index (χ4n) is 1.53. The van der Waals surface area contributed by atoms with Crippen LogP contribution in [0.15, 0.2) is 0 Å². The van der Waals surface area contributed by atoms with Crippen LogP contribution in [-0.4, -0.2) is 48.8 Å². The minimum absolute atomic E-state index is 0.0496. The van der Waals surface area contributed by atoms with E-state index < -0.39 is 5.60 Å². The Morgan fingerprint density at radius 3 is 2.80 bits per heavy atom. The first-order valence-corrected chi connectivity index (χ1v) is 5.34. The number of piperazine rings is 1. The van der Waals surface area contributed by atoms with Gasteiger partial charge < -0.3 is 20.7 Å². The smallest absolute Gasteiger partial charge is 0.410 e. The van der Waals surface area contributed by atoms with Crippen molar-refractivity contribution in [3.8, 4) is 0 Å². The van der Waals surface area contributed by atoms with E-state index in [9.17, 15) is 4.79 Å². The molecule has 0 spiro atoms. The lowest BCUT2D eigenvalue weighted by molar-refractivity contribution is 0.0130. The van der Waals surface area contributed by atoms with E-state index in [1.54, 1.807) is 4.90 Å². The molecule has 1 amide bonds. The quantitative estimate of drug-likeness (QED) is 0.653. The second kappa shape index (κ2) is 4.81. The van der Waals surface area contributed by atoms with E-state index >= 15 is 0 Å². The van der Waals surface area contributed by atoms with Crippen molar-refractivity contribution < 1.29 is 9.53 Å². The summed E-state index contributed by atoms with van der Waals surface area (Å²) in [7, 11) is 0. The third-order valence-electron chi connectivity index (χ3n) is 2.25. The summed E-state index contributed by atoms with van der Waals surface area (Å²) in [5, 5.41) is 3.20. The Morgan fingerprint density at radius 2 is 2.27 bits per heavy atom. The highest BCUT2D eigenvalue weighted by Gasteiger charge is 2.29. The molecule has 0 bridgehead atoms. The van der Waals surface area contributed by atoms with Gasteiger partial charge in [-0.25, -0.2) is 4.79 Å². The Balaban J connectivity index is 2.56. The molecule has 1 fully saturated rings. The summed E-state index contributed by atoms with van der Waals surface area (Å²) >= 11 is 0. The lowest BCUT2D eigenvalue weighted by Gasteiger charge is -2.36. The molecule has 0 saturated carbocycles. The maximum absolute atomic E-state index is 11.8. The molecule has 0 aliphatic carbocycles. The average molecular weight is 215 g/mol. The van der Waals surface area contributed by atoms with Gasteiger partial charge in [-0.2, -0.15) is 0 Å². The fourth-order valence-corrected chi connectivity index (χ4v) is 1.53. The number of nitrogens with two attached hydrogens (primary N) is 1. The van der Waals surface area contributed by atoms with E-state index in [1.165, 1.54) is 0 Å². The molecule has 5 heteroatoms. The molecule has 1 aliphatic rings. The lowest BCUT2D eigenvalue weighted by atomic mass is 10.2. The van der Waals surface area contributed by atoms with Crippen LogP contribution < -0.4 is 11.1 Å². The van der Waals surface area contributed by atoms with Gasteiger partial charge >= 0.3 is 6.09 Å². The minimum Gasteiger partial charge on any atom is -0.444 e. The summed E-state index contributed by atoms with van der Waals surface area (Å²) in [4.78, 5) is 13.5. The van der Waals surface area contributed by atoms with Gasteiger partial charge in [0.05, 0.1) is 6.04 Å². The Bertz CT molecular complexity index is 225. The van der Waals surface area contributed by atoms with Gasteiger partial charge in [0.2, 0.25) is 0 Å². The molecule has 0 unspecified atom stereocenters. The number of hydrogen-bond acceptors (Lipinski definition) is 4. The number of carbonyl (C=O) groups is 1. The predicted octanol–water partition coefficient (Wildman–Crippen LogP) is 0.154. The van der Waals surface area contributed by atoms with Crippen molar-refractivity contribution in [3.63, 3.8) is 0 Å². The van der Waals surface area contributed by atoms with Crippen LogP contribution in [0.5, 0.6) is 0 Å². The van der Waals surface area contributed by atoms with Crippen LogP contribution in [0.1, 0.15) is 20.8 Å². The van der Waals surface area contributed by atoms with Crippen molar-refractivity contribution in [2.24, 2.45) is 5.73 Å². The second-order valence-electron chi connectivity index (χ2n) is 4.77. The molecular formula is C10H21N3O2. The SMILES string of the molecule is CC(C)(C)OC(=O)N1CCNC[C@H]1CN. The van der Waals surface area contributed by atoms with Crippen molar-refractivity contribution in [2.75, 3.05) is 26.2 Å². The molecule has 1 rings (SSSR count). The summed E-state index contributed by atoms with van der Waals surface area (Å²) in [6.07, 6.45) is -0.264. The molecule has 0 aromatic rings. The first kappa shape index (κ1) is 12.3. The minimum atomic E-state index is -0.443. The van der Waals surface area contributed by atoms with Crippen LogP contribution in [0.25, 0.3) is 0 Å². The van der Waals surface area contributed by atoms with E-state index in [0.29, 0.717) is 13.1 Å². The average Bonchev–Trinajstić information content (AvgIpc) is 2.15. The van der Waals surface area contributed by atoms with Crippen molar-refractivity contribution in [3.05, 3.63) is 0 Å². The van der Waals surface area contributed by atoms with E-state index in [2.05, 4.69) is 5.32 Å². The molecule has 0 aromatic heterocycles. The summed E-state index contributed by atoms with van der Waals surface area (Å²) < 4.78 is 5.31. The molecule has 1 heterocycles. The van der Waals surface area contributed by atoms with Gasteiger partial charge in [-0.1, -0.05) is 0 Å². The largest absolute Gasteiger partial charge is 0.444 e. The molecule has 88 valence electrons. The molecule has 5 nitrogen and oxygen atoms in total. The zero-order valence-electron chi connectivity index (χ0n) is 9.75. The van der Waals surface area contributed by atoms with Crippen LogP contribution in [0, 0.1) is 0 Å². The number of nitrogens with one attached hydrogen (secondary N) is 1. The summed E-state index contributed by atoms with van der Waals surface area (Å²) in [5.41, 5.74) is 5.16. The van der Waals surface area contributed by atoms with Gasteiger partial charge in [-0.05, 0) is 20.8 Å². The van der Waals surface area contributed by atoms with Gasteiger partial charge in [-0.15, -0.1) is 0 Å². The predicted molar refractivity (Wildman–Crippen MR) is 58.7 cm³/mol. The molecule has 1 saturated heterocycles. The Hall–Kier alpha value is -0.810. The highest BCUT2D eigenvalue weighted by Crippen LogP contribution is 2.12. The van der Waals surface area contributed by atoms with Crippen LogP contribution in [0.3, 0.4) is 0 Å². The third-order valence-corrected chi connectivity index (χ3v) is 2.25. The van der Waals surface area contributed by atoms with Crippen LogP contribution in [-0.2, 0) is 4.74 Å². The van der Waals surface area contributed by atoms with E-state index in [1.807, 2.05) is 20.8 Å². The Labute approximate surface area is 90.9 Å². The maximum Gasteiger partial charge on any atom is 0.410 e. The number of nitrogens with zero attached hydrogens (tertiary/aromatic N) is 1. The highest BCUT2D eigenvalue weighted by atomic mass is 16.6. The van der Waals surface area contributed by atoms with Gasteiger partial charge in [0.1, 0.15) is 5.60 Å². The number of hydrogen-bond donors (Lipinski definition) is 2. The van der Waals surface area contributed by atoms with Crippen LogP contribution >= 0.6 is 0 Å². The van der Waals surface area contributed by atoms with E-state index in [4.69, 9.17) is 10.5 Å². The van der Waals surface area contributed by atoms with Gasteiger partial charge in [0.25, 0.3) is 0 Å². The number of amides is 1. The first-order valence-electron chi connectivity index (χ1n) is 5.34. The van der Waals surface area contributed by atoms with Crippen LogP contribution in [0.2, 0.25) is 0 Å². The van der Waals surface area contributed by atoms with Crippen molar-refractivity contribution in [1.82, 2.24) is 10.2 Å². The number of ether oxygens (including phenoxy) is 1. The van der Waals surface area contributed by atoms with Crippen LogP contribution in [0.4, 0.5) is 4.79 Å². The fraction of sp³-hybridized carbons (Fsp3) is 0.900. The molecule has 15 heavy (non-hydrogen) atoms. The third kappa shape index (κ3) is 3.68. The number of rotatable bonds is 1. The van der Waals surface area contributed by atoms with Gasteiger partial charge in [0.15, 0.2) is 0 Å². The molecule has 0 aromatic carbocycles. The molecular weight excluding hydrogens is 194 g/mol. The lowest BCUT2D eigenvalue weighted by Crippen LogP contribution is -2.57. The molecule has 3 N–H and O–H groups in total. The monoisotopic (exact) mass is 215 g/mol. The topological polar surface area (TPSA) is 67.6 Å². The Kier molecular flexibility index (Phi) is 3.93.